The van der Waals surface area contributed by atoms with E-state index < -0.39 is 11.4 Å². The van der Waals surface area contributed by atoms with Gasteiger partial charge in [0, 0.05) is 22.0 Å². The van der Waals surface area contributed by atoms with Crippen LogP contribution in [0, 0.1) is 0 Å². The molecule has 0 saturated heterocycles. The number of rotatable bonds is 4. The molecule has 0 spiro atoms. The molecule has 5 heteroatoms. The second kappa shape index (κ2) is 6.18. The number of nitrogens with zero attached hydrogens (tertiary/aromatic N) is 1. The predicted octanol–water partition coefficient (Wildman–Crippen LogP) is 3.35. The van der Waals surface area contributed by atoms with Crippen LogP contribution in [0.5, 0.6) is 0 Å². The lowest BCUT2D eigenvalue weighted by molar-refractivity contribution is 0.515. The lowest BCUT2D eigenvalue weighted by Crippen LogP contribution is -2.41. The second-order valence-corrected chi connectivity index (χ2v) is 7.77. The summed E-state index contributed by atoms with van der Waals surface area (Å²) in [5, 5.41) is 0. The molecule has 1 aromatic heterocycles. The predicted molar refractivity (Wildman–Crippen MR) is 76.0 cm³/mol. The van der Waals surface area contributed by atoms with Gasteiger partial charge in [0.1, 0.15) is 4.75 Å². The first-order valence-electron chi connectivity index (χ1n) is 5.64. The Balaban J connectivity index is 2.79. The molecule has 0 aliphatic carbocycles. The number of pyridine rings is 1. The third-order valence-corrected chi connectivity index (χ3v) is 4.42. The van der Waals surface area contributed by atoms with Crippen molar-refractivity contribution in [3.8, 4) is 0 Å². The summed E-state index contributed by atoms with van der Waals surface area (Å²) in [7, 11) is 0. The van der Waals surface area contributed by atoms with Gasteiger partial charge in [-0.1, -0.05) is 22.9 Å². The van der Waals surface area contributed by atoms with Crippen LogP contribution in [-0.2, 0) is 11.4 Å². The average molecular weight is 319 g/mol. The van der Waals surface area contributed by atoms with Gasteiger partial charge in [0.05, 0.1) is 11.7 Å². The van der Waals surface area contributed by atoms with Crippen molar-refractivity contribution in [3.63, 3.8) is 0 Å². The van der Waals surface area contributed by atoms with Crippen LogP contribution in [0.15, 0.2) is 22.8 Å². The van der Waals surface area contributed by atoms with Gasteiger partial charge < -0.3 is 4.55 Å². The molecule has 96 valence electrons. The zero-order valence-electron chi connectivity index (χ0n) is 10.7. The van der Waals surface area contributed by atoms with Crippen molar-refractivity contribution in [3.05, 3.63) is 28.5 Å². The summed E-state index contributed by atoms with van der Waals surface area (Å²) in [6.45, 7) is 7.92. The fraction of sp³-hybridized carbons (Fsp3) is 0.583. The van der Waals surface area contributed by atoms with E-state index in [4.69, 9.17) is 0 Å². The molecule has 0 radical (unpaired) electrons. The van der Waals surface area contributed by atoms with E-state index in [-0.39, 0.29) is 10.8 Å². The molecule has 0 fully saturated rings. The minimum absolute atomic E-state index is 0.0209. The molecule has 17 heavy (non-hydrogen) atoms. The summed E-state index contributed by atoms with van der Waals surface area (Å²) < 4.78 is 15.9. The first kappa shape index (κ1) is 15.0. The lowest BCUT2D eigenvalue weighted by Gasteiger charge is -2.27. The molecule has 3 nitrogen and oxygen atoms in total. The van der Waals surface area contributed by atoms with Gasteiger partial charge in [-0.05, 0) is 39.3 Å². The van der Waals surface area contributed by atoms with Crippen molar-refractivity contribution in [2.24, 2.45) is 0 Å². The summed E-state index contributed by atoms with van der Waals surface area (Å²) >= 11 is 2.34. The molecule has 0 aliphatic heterocycles. The topological polar surface area (TPSA) is 48.0 Å². The molecule has 2 atom stereocenters. The van der Waals surface area contributed by atoms with E-state index in [0.717, 1.165) is 16.6 Å². The highest BCUT2D eigenvalue weighted by Gasteiger charge is 2.29. The summed E-state index contributed by atoms with van der Waals surface area (Å²) in [5.74, 6) is 0. The van der Waals surface area contributed by atoms with Gasteiger partial charge >= 0.3 is 0 Å². The van der Waals surface area contributed by atoms with Crippen molar-refractivity contribution >= 4 is 27.3 Å². The quantitative estimate of drug-likeness (QED) is 0.866. The molecule has 0 saturated carbocycles. The number of hydrogen-bond donors (Lipinski definition) is 1. The van der Waals surface area contributed by atoms with Crippen LogP contribution >= 0.6 is 15.9 Å². The van der Waals surface area contributed by atoms with Gasteiger partial charge in [-0.25, -0.2) is 0 Å². The molecular formula is C12H19BrN2OS. The van der Waals surface area contributed by atoms with Gasteiger partial charge in [0.25, 0.3) is 0 Å². The second-order valence-electron chi connectivity index (χ2n) is 4.86. The van der Waals surface area contributed by atoms with Crippen LogP contribution in [0.25, 0.3) is 0 Å². The molecule has 1 heterocycles. The summed E-state index contributed by atoms with van der Waals surface area (Å²) in [4.78, 5) is 4.32. The summed E-state index contributed by atoms with van der Waals surface area (Å²) in [5.41, 5.74) is 0.916. The van der Waals surface area contributed by atoms with Crippen LogP contribution in [0.3, 0.4) is 0 Å². The number of aromatic nitrogens is 1. The highest BCUT2D eigenvalue weighted by Crippen LogP contribution is 2.22. The van der Waals surface area contributed by atoms with E-state index in [1.807, 2.05) is 32.9 Å². The lowest BCUT2D eigenvalue weighted by atomic mass is 10.1. The molecule has 1 unspecified atom stereocenters. The first-order chi connectivity index (χ1) is 7.84. The molecule has 1 rings (SSSR count). The third kappa shape index (κ3) is 4.58. The van der Waals surface area contributed by atoms with Crippen molar-refractivity contribution in [2.45, 2.75) is 44.9 Å². The minimum atomic E-state index is -1.08. The highest BCUT2D eigenvalue weighted by molar-refractivity contribution is 9.10. The van der Waals surface area contributed by atoms with E-state index in [2.05, 4.69) is 32.6 Å². The summed E-state index contributed by atoms with van der Waals surface area (Å²) in [6.07, 6.45) is 2.61. The van der Waals surface area contributed by atoms with Crippen LogP contribution in [0.2, 0.25) is 0 Å². The molecule has 0 aliphatic rings. The van der Waals surface area contributed by atoms with Gasteiger partial charge in [-0.3, -0.25) is 4.98 Å². The maximum Gasteiger partial charge on any atom is 0.136 e. The van der Waals surface area contributed by atoms with Crippen molar-refractivity contribution < 1.29 is 4.55 Å². The van der Waals surface area contributed by atoms with E-state index >= 15 is 0 Å². The Morgan fingerprint density at radius 1 is 1.53 bits per heavy atom. The van der Waals surface area contributed by atoms with E-state index in [9.17, 15) is 4.55 Å². The Kier molecular flexibility index (Phi) is 5.44. The van der Waals surface area contributed by atoms with Crippen molar-refractivity contribution in [1.29, 1.82) is 0 Å². The van der Waals surface area contributed by atoms with Gasteiger partial charge in [-0.15, -0.1) is 4.72 Å². The van der Waals surface area contributed by atoms with Crippen LogP contribution < -0.4 is 4.72 Å². The Labute approximate surface area is 115 Å². The van der Waals surface area contributed by atoms with Crippen LogP contribution in [-0.4, -0.2) is 14.3 Å². The fourth-order valence-electron chi connectivity index (χ4n) is 1.27. The molecular weight excluding hydrogens is 300 g/mol. The maximum atomic E-state index is 12.1. The molecule has 1 aromatic rings. The maximum absolute atomic E-state index is 12.1. The largest absolute Gasteiger partial charge is 0.598 e. The molecule has 1 N–H and O–H groups in total. The average Bonchev–Trinajstić information content (AvgIpc) is 2.24. The van der Waals surface area contributed by atoms with E-state index in [1.165, 1.54) is 0 Å². The third-order valence-electron chi connectivity index (χ3n) is 2.31. The smallest absolute Gasteiger partial charge is 0.136 e. The first-order valence-corrected chi connectivity index (χ1v) is 7.58. The Morgan fingerprint density at radius 3 is 2.65 bits per heavy atom. The normalized spacial score (nSPS) is 15.6. The summed E-state index contributed by atoms with van der Waals surface area (Å²) in [6, 6.07) is 3.87. The van der Waals surface area contributed by atoms with Gasteiger partial charge in [0.2, 0.25) is 0 Å². The minimum Gasteiger partial charge on any atom is -0.598 e. The Hall–Kier alpha value is -0.100. The monoisotopic (exact) mass is 318 g/mol. The van der Waals surface area contributed by atoms with Crippen molar-refractivity contribution in [2.75, 3.05) is 0 Å². The molecule has 0 aromatic carbocycles. The molecule has 0 amide bonds. The number of nitrogens with one attached hydrogen (secondary N) is 1. The van der Waals surface area contributed by atoms with Crippen molar-refractivity contribution in [1.82, 2.24) is 9.71 Å². The molecule has 0 bridgehead atoms. The zero-order chi connectivity index (χ0) is 13.1. The van der Waals surface area contributed by atoms with Crippen LogP contribution in [0.4, 0.5) is 0 Å². The highest BCUT2D eigenvalue weighted by atomic mass is 79.9. The van der Waals surface area contributed by atoms with Gasteiger partial charge in [0.15, 0.2) is 0 Å². The van der Waals surface area contributed by atoms with Crippen LogP contribution in [0.1, 0.15) is 45.9 Å². The Bertz CT molecular complexity index is 368. The number of halogens is 1. The Morgan fingerprint density at radius 2 is 2.18 bits per heavy atom. The van der Waals surface area contributed by atoms with E-state index in [0.29, 0.717) is 0 Å². The zero-order valence-corrected chi connectivity index (χ0v) is 13.1. The number of hydrogen-bond acceptors (Lipinski definition) is 3. The SMILES string of the molecule is CCC(N[S@+]([O-])C(C)(C)C)c1cc(Br)ccn1. The van der Waals surface area contributed by atoms with Gasteiger partial charge in [-0.2, -0.15) is 0 Å². The standard InChI is InChI=1S/C12H19BrN2OS/c1-5-10(15-17(16)12(2,3)4)11-8-9(13)6-7-14-11/h6-8,10,15H,5H2,1-4H3/t10?,17-/m1/s1. The fourth-order valence-corrected chi connectivity index (χ4v) is 2.52. The van der Waals surface area contributed by atoms with E-state index in [1.54, 1.807) is 6.20 Å².